The highest BCUT2D eigenvalue weighted by Gasteiger charge is 2.29. The van der Waals surface area contributed by atoms with Crippen molar-refractivity contribution in [1.29, 1.82) is 0 Å². The Balaban J connectivity index is 1.83. The molecule has 1 aromatic rings. The maximum atomic E-state index is 6.11. The molecule has 0 saturated carbocycles. The molecule has 0 aliphatic carbocycles. The van der Waals surface area contributed by atoms with E-state index in [1.54, 1.807) is 0 Å². The van der Waals surface area contributed by atoms with E-state index in [1.807, 2.05) is 0 Å². The fourth-order valence-corrected chi connectivity index (χ4v) is 3.04. The fraction of sp³-hybridized carbons (Fsp3) is 0.786. The Hall–Kier alpha value is -1.14. The van der Waals surface area contributed by atoms with Gasteiger partial charge < -0.3 is 14.5 Å². The normalized spacial score (nSPS) is 22.4. The van der Waals surface area contributed by atoms with Crippen LogP contribution in [0.4, 0.5) is 11.9 Å². The van der Waals surface area contributed by atoms with Crippen LogP contribution < -0.4 is 9.80 Å². The lowest BCUT2D eigenvalue weighted by atomic mass is 10.1. The number of nitrogens with zero attached hydrogens (tertiary/aromatic N) is 5. The first-order valence-corrected chi connectivity index (χ1v) is 7.97. The van der Waals surface area contributed by atoms with E-state index in [0.29, 0.717) is 18.5 Å². The van der Waals surface area contributed by atoms with Gasteiger partial charge in [-0.05, 0) is 44.7 Å². The molecule has 2 saturated heterocycles. The third-order valence-electron chi connectivity index (χ3n) is 3.93. The molecule has 0 atom stereocenters. The Morgan fingerprint density at radius 1 is 0.952 bits per heavy atom. The number of rotatable bonds is 2. The number of hydrogen-bond acceptors (Lipinski definition) is 6. The van der Waals surface area contributed by atoms with Gasteiger partial charge in [0.05, 0.1) is 12.2 Å². The summed E-state index contributed by atoms with van der Waals surface area (Å²) in [5, 5.41) is 0.268. The molecule has 0 aromatic carbocycles. The highest BCUT2D eigenvalue weighted by atomic mass is 35.5. The molecule has 1 aromatic heterocycles. The first-order chi connectivity index (χ1) is 10.0. The van der Waals surface area contributed by atoms with Crippen molar-refractivity contribution in [2.24, 2.45) is 0 Å². The molecule has 0 radical (unpaired) electrons. The lowest BCUT2D eigenvalue weighted by Gasteiger charge is -2.38. The van der Waals surface area contributed by atoms with Gasteiger partial charge >= 0.3 is 0 Å². The summed E-state index contributed by atoms with van der Waals surface area (Å²) < 4.78 is 5.74. The zero-order chi connectivity index (χ0) is 14.9. The maximum Gasteiger partial charge on any atom is 0.231 e. The Morgan fingerprint density at radius 2 is 1.62 bits per heavy atom. The van der Waals surface area contributed by atoms with E-state index in [4.69, 9.17) is 16.3 Å². The molecule has 0 unspecified atom stereocenters. The largest absolute Gasteiger partial charge is 0.372 e. The zero-order valence-corrected chi connectivity index (χ0v) is 13.4. The lowest BCUT2D eigenvalue weighted by Crippen LogP contribution is -2.49. The van der Waals surface area contributed by atoms with E-state index in [-0.39, 0.29) is 10.9 Å². The molecule has 0 amide bonds. The molecule has 0 N–H and O–H groups in total. The number of morpholine rings is 1. The number of anilines is 2. The fourth-order valence-electron chi connectivity index (χ4n) is 2.89. The van der Waals surface area contributed by atoms with Crippen molar-refractivity contribution in [1.82, 2.24) is 15.0 Å². The molecular weight excluding hydrogens is 290 g/mol. The first kappa shape index (κ1) is 14.8. The van der Waals surface area contributed by atoms with E-state index >= 15 is 0 Å². The number of halogens is 1. The molecule has 7 heteroatoms. The smallest absolute Gasteiger partial charge is 0.231 e. The topological polar surface area (TPSA) is 54.4 Å². The lowest BCUT2D eigenvalue weighted by molar-refractivity contribution is -0.0281. The van der Waals surface area contributed by atoms with Crippen LogP contribution in [-0.2, 0) is 4.74 Å². The molecule has 3 heterocycles. The summed E-state index contributed by atoms with van der Waals surface area (Å²) in [7, 11) is 0. The molecule has 21 heavy (non-hydrogen) atoms. The van der Waals surface area contributed by atoms with Crippen LogP contribution in [0.3, 0.4) is 0 Å². The first-order valence-electron chi connectivity index (χ1n) is 7.59. The highest BCUT2D eigenvalue weighted by Crippen LogP contribution is 2.24. The van der Waals surface area contributed by atoms with Crippen LogP contribution in [0.25, 0.3) is 0 Å². The average Bonchev–Trinajstić information content (AvgIpc) is 2.46. The van der Waals surface area contributed by atoms with E-state index in [9.17, 15) is 0 Å². The van der Waals surface area contributed by atoms with Crippen molar-refractivity contribution in [2.45, 2.75) is 38.7 Å². The van der Waals surface area contributed by atoms with Crippen molar-refractivity contribution >= 4 is 23.5 Å². The summed E-state index contributed by atoms with van der Waals surface area (Å²) in [6.45, 7) is 8.36. The second-order valence-electron chi connectivity index (χ2n) is 6.28. The predicted octanol–water partition coefficient (Wildman–Crippen LogP) is 2.13. The van der Waals surface area contributed by atoms with Gasteiger partial charge in [0.15, 0.2) is 0 Å². The van der Waals surface area contributed by atoms with Crippen LogP contribution in [0.5, 0.6) is 0 Å². The monoisotopic (exact) mass is 311 g/mol. The van der Waals surface area contributed by atoms with Gasteiger partial charge in [0.1, 0.15) is 0 Å². The molecule has 0 bridgehead atoms. The van der Waals surface area contributed by atoms with Crippen LogP contribution in [0.1, 0.15) is 33.1 Å². The van der Waals surface area contributed by atoms with Gasteiger partial charge in [0, 0.05) is 26.2 Å². The molecular formula is C14H22ClN5O. The van der Waals surface area contributed by atoms with Crippen molar-refractivity contribution in [2.75, 3.05) is 42.6 Å². The molecule has 6 nitrogen and oxygen atoms in total. The van der Waals surface area contributed by atoms with Crippen LogP contribution in [0.15, 0.2) is 0 Å². The molecule has 2 aliphatic heterocycles. The highest BCUT2D eigenvalue weighted by molar-refractivity contribution is 6.28. The summed E-state index contributed by atoms with van der Waals surface area (Å²) in [6.07, 6.45) is 3.65. The Kier molecular flexibility index (Phi) is 4.17. The van der Waals surface area contributed by atoms with Gasteiger partial charge in [-0.3, -0.25) is 0 Å². The summed E-state index contributed by atoms with van der Waals surface area (Å²) >= 11 is 6.11. The van der Waals surface area contributed by atoms with Crippen LogP contribution in [0, 0.1) is 0 Å². The number of aromatic nitrogens is 3. The van der Waals surface area contributed by atoms with Gasteiger partial charge in [-0.25, -0.2) is 0 Å². The van der Waals surface area contributed by atoms with Gasteiger partial charge in [-0.15, -0.1) is 0 Å². The maximum absolute atomic E-state index is 6.11. The van der Waals surface area contributed by atoms with Gasteiger partial charge in [-0.2, -0.15) is 15.0 Å². The standard InChI is InChI=1S/C14H22ClN5O/c1-14(2)10-20(8-9-21-14)13-17-11(15)16-12(18-13)19-6-4-3-5-7-19/h3-10H2,1-2H3. The average molecular weight is 312 g/mol. The summed E-state index contributed by atoms with van der Waals surface area (Å²) in [6, 6.07) is 0. The second-order valence-corrected chi connectivity index (χ2v) is 6.62. The third kappa shape index (κ3) is 3.55. The van der Waals surface area contributed by atoms with E-state index < -0.39 is 0 Å². The molecule has 116 valence electrons. The molecule has 0 spiro atoms. The Bertz CT molecular complexity index is 504. The second kappa shape index (κ2) is 5.93. The number of piperidine rings is 1. The van der Waals surface area contributed by atoms with Crippen LogP contribution >= 0.6 is 11.6 Å². The quantitative estimate of drug-likeness (QED) is 0.834. The SMILES string of the molecule is CC1(C)CN(c2nc(Cl)nc(N3CCCCC3)n2)CCO1. The van der Waals surface area contributed by atoms with Crippen LogP contribution in [0.2, 0.25) is 5.28 Å². The third-order valence-corrected chi connectivity index (χ3v) is 4.10. The van der Waals surface area contributed by atoms with Crippen molar-refractivity contribution in [3.63, 3.8) is 0 Å². The predicted molar refractivity (Wildman–Crippen MR) is 83.1 cm³/mol. The van der Waals surface area contributed by atoms with Crippen molar-refractivity contribution < 1.29 is 4.74 Å². The van der Waals surface area contributed by atoms with Gasteiger partial charge in [-0.1, -0.05) is 0 Å². The minimum Gasteiger partial charge on any atom is -0.372 e. The van der Waals surface area contributed by atoms with E-state index in [1.165, 1.54) is 19.3 Å². The number of ether oxygens (including phenoxy) is 1. The minimum atomic E-state index is -0.192. The molecule has 3 rings (SSSR count). The Labute approximate surface area is 130 Å². The molecule has 2 fully saturated rings. The summed E-state index contributed by atoms with van der Waals surface area (Å²) in [5.41, 5.74) is -0.192. The summed E-state index contributed by atoms with van der Waals surface area (Å²) in [5.74, 6) is 1.36. The van der Waals surface area contributed by atoms with Gasteiger partial charge in [0.25, 0.3) is 0 Å². The minimum absolute atomic E-state index is 0.192. The molecule has 2 aliphatic rings. The van der Waals surface area contributed by atoms with Crippen molar-refractivity contribution in [3.8, 4) is 0 Å². The van der Waals surface area contributed by atoms with Crippen LogP contribution in [-0.4, -0.2) is 53.3 Å². The van der Waals surface area contributed by atoms with E-state index in [0.717, 1.165) is 26.2 Å². The van der Waals surface area contributed by atoms with Gasteiger partial charge in [0.2, 0.25) is 17.2 Å². The number of hydrogen-bond donors (Lipinski definition) is 0. The Morgan fingerprint density at radius 3 is 2.29 bits per heavy atom. The van der Waals surface area contributed by atoms with Crippen molar-refractivity contribution in [3.05, 3.63) is 5.28 Å². The zero-order valence-electron chi connectivity index (χ0n) is 12.7. The van der Waals surface area contributed by atoms with E-state index in [2.05, 4.69) is 38.6 Å². The summed E-state index contributed by atoms with van der Waals surface area (Å²) in [4.78, 5) is 17.6.